The van der Waals surface area contributed by atoms with Crippen molar-refractivity contribution in [3.05, 3.63) is 209 Å². The lowest BCUT2D eigenvalue weighted by Gasteiger charge is -2.43. The number of aryl methyl sites for hydroxylation is 1. The fraction of sp³-hybridized carbons (Fsp3) is 0.234. The van der Waals surface area contributed by atoms with Crippen molar-refractivity contribution in [1.82, 2.24) is 31.9 Å². The highest BCUT2D eigenvalue weighted by molar-refractivity contribution is 6.32. The smallest absolute Gasteiger partial charge is 0.183 e. The van der Waals surface area contributed by atoms with Crippen LogP contribution in [-0.4, -0.2) is 19.1 Å². The van der Waals surface area contributed by atoms with Crippen LogP contribution in [0.2, 0.25) is 30.1 Å². The zero-order valence-corrected chi connectivity index (χ0v) is 37.5. The van der Waals surface area contributed by atoms with Gasteiger partial charge in [-0.3, -0.25) is 26.6 Å². The van der Waals surface area contributed by atoms with Gasteiger partial charge in [-0.2, -0.15) is 0 Å². The predicted molar refractivity (Wildman–Crippen MR) is 250 cm³/mol. The molecule has 8 rings (SSSR count). The highest BCUT2D eigenvalue weighted by atomic mass is 35.5. The summed E-state index contributed by atoms with van der Waals surface area (Å²) >= 11 is 37.5. The van der Waals surface area contributed by atoms with E-state index in [0.29, 0.717) is 38.3 Å². The molecule has 6 nitrogen and oxygen atoms in total. The van der Waals surface area contributed by atoms with Crippen LogP contribution in [0.5, 0.6) is 0 Å². The van der Waals surface area contributed by atoms with Crippen LogP contribution in [0.4, 0.5) is 0 Å². The Morgan fingerprint density at radius 3 is 1.02 bits per heavy atom. The zero-order chi connectivity index (χ0) is 41.9. The van der Waals surface area contributed by atoms with Crippen molar-refractivity contribution >= 4 is 69.6 Å². The molecule has 1 spiro atoms. The second-order valence-corrected chi connectivity index (χ2v) is 16.8. The van der Waals surface area contributed by atoms with E-state index in [1.54, 1.807) is 0 Å². The first-order valence-corrected chi connectivity index (χ1v) is 21.9. The van der Waals surface area contributed by atoms with Crippen LogP contribution < -0.4 is 31.9 Å². The van der Waals surface area contributed by atoms with Gasteiger partial charge in [0.1, 0.15) is 0 Å². The fourth-order valence-corrected chi connectivity index (χ4v) is 8.03. The molecule has 0 aliphatic carbocycles. The lowest BCUT2D eigenvalue weighted by molar-refractivity contribution is 0.123. The van der Waals surface area contributed by atoms with Gasteiger partial charge in [-0.15, -0.1) is 0 Å². The summed E-state index contributed by atoms with van der Waals surface area (Å²) in [5.74, 6) is -1.02. The van der Waals surface area contributed by atoms with Crippen molar-refractivity contribution < 1.29 is 0 Å². The first-order chi connectivity index (χ1) is 28.5. The van der Waals surface area contributed by atoms with Crippen LogP contribution in [0.15, 0.2) is 146 Å². The molecular weight excluding hydrogens is 861 g/mol. The number of hydrogen-bond acceptors (Lipinski definition) is 6. The minimum atomic E-state index is -1.02. The van der Waals surface area contributed by atoms with Gasteiger partial charge in [-0.25, -0.2) is 0 Å². The van der Waals surface area contributed by atoms with Crippen molar-refractivity contribution in [3.63, 3.8) is 0 Å². The molecule has 2 aliphatic rings. The Labute approximate surface area is 378 Å². The molecule has 0 bridgehead atoms. The number of hydrogen-bond donors (Lipinski definition) is 6. The first-order valence-electron chi connectivity index (χ1n) is 19.6. The van der Waals surface area contributed by atoms with E-state index < -0.39 is 5.91 Å². The maximum atomic E-state index is 6.42. The summed E-state index contributed by atoms with van der Waals surface area (Å²) in [5.41, 5.74) is 6.59. The lowest BCUT2D eigenvalue weighted by Crippen LogP contribution is -2.73. The van der Waals surface area contributed by atoms with E-state index in [1.807, 2.05) is 106 Å². The molecule has 2 fully saturated rings. The zero-order valence-electron chi connectivity index (χ0n) is 32.9. The van der Waals surface area contributed by atoms with Crippen molar-refractivity contribution in [2.45, 2.75) is 56.9 Å². The number of halogens is 6. The van der Waals surface area contributed by atoms with E-state index in [2.05, 4.69) is 92.6 Å². The van der Waals surface area contributed by atoms with Gasteiger partial charge in [0.15, 0.2) is 5.91 Å². The Kier molecular flexibility index (Phi) is 16.6. The van der Waals surface area contributed by atoms with Gasteiger partial charge in [0.05, 0.1) is 24.2 Å². The van der Waals surface area contributed by atoms with Gasteiger partial charge in [0.2, 0.25) is 0 Å². The predicted octanol–water partition coefficient (Wildman–Crippen LogP) is 12.8. The standard InChI is InChI=1S/C38H35Cl5N6.C7H7Cl.C2H6/c39-28-11-1-23(2-12-28)33-21-44-22-45-34(24-3-13-29(40)14-4-24)35(25-5-15-30(41)16-6-25)47-38(46-33)48-36(26-7-17-31(42)18-8-26)37(49-38)27-9-19-32(43)20-10-27;1-6-2-4-7(8)5-3-6;1-2/h1-20,33-37,44-49H,21-22H2;2-5H,1H3;1-2H3/t33?,34?,35-,36-,37?,38?;;/m0../s1. The summed E-state index contributed by atoms with van der Waals surface area (Å²) in [6.45, 7) is 7.22. The molecule has 0 saturated carbocycles. The van der Waals surface area contributed by atoms with Gasteiger partial charge in [-0.05, 0) is 108 Å². The second-order valence-electron chi connectivity index (χ2n) is 14.2. The van der Waals surface area contributed by atoms with Gasteiger partial charge in [0, 0.05) is 49.4 Å². The average Bonchev–Trinajstić information content (AvgIpc) is 3.62. The number of nitrogens with one attached hydrogen (secondary N) is 6. The van der Waals surface area contributed by atoms with Crippen LogP contribution in [0.1, 0.15) is 77.4 Å². The highest BCUT2D eigenvalue weighted by Crippen LogP contribution is 2.40. The summed E-state index contributed by atoms with van der Waals surface area (Å²) in [4.78, 5) is 0. The summed E-state index contributed by atoms with van der Waals surface area (Å²) in [6, 6.07) is 46.7. The quantitative estimate of drug-likeness (QED) is 0.104. The molecule has 2 aliphatic heterocycles. The SMILES string of the molecule is CC.Cc1ccc(Cl)cc1.Clc1ccc(C2CNCNC(c3ccc(Cl)cc3)[C@H](c3ccc(Cl)cc3)NC3(N2)NC(c2ccc(Cl)cc2)[C@H](c2ccc(Cl)cc2)N3)cc1. The molecule has 6 atom stereocenters. The highest BCUT2D eigenvalue weighted by Gasteiger charge is 2.49. The summed E-state index contributed by atoms with van der Waals surface area (Å²) in [5, 5.41) is 27.6. The molecule has 308 valence electrons. The molecule has 2 heterocycles. The van der Waals surface area contributed by atoms with Crippen molar-refractivity contribution in [3.8, 4) is 0 Å². The molecule has 6 N–H and O–H groups in total. The molecule has 2 saturated heterocycles. The Bertz CT molecular complexity index is 2110. The fourth-order valence-electron chi connectivity index (χ4n) is 7.28. The van der Waals surface area contributed by atoms with Crippen molar-refractivity contribution in [2.24, 2.45) is 0 Å². The second kappa shape index (κ2) is 21.6. The molecule has 6 aromatic carbocycles. The Morgan fingerprint density at radius 1 is 0.390 bits per heavy atom. The minimum Gasteiger partial charge on any atom is -0.303 e. The van der Waals surface area contributed by atoms with E-state index in [9.17, 15) is 0 Å². The van der Waals surface area contributed by atoms with E-state index in [1.165, 1.54) is 5.56 Å². The Hall–Kier alpha value is -3.18. The monoisotopic (exact) mass is 906 g/mol. The summed E-state index contributed by atoms with van der Waals surface area (Å²) < 4.78 is 0. The molecule has 59 heavy (non-hydrogen) atoms. The van der Waals surface area contributed by atoms with Crippen LogP contribution >= 0.6 is 69.6 Å². The van der Waals surface area contributed by atoms with E-state index in [0.717, 1.165) is 32.8 Å². The normalized spacial score (nSPS) is 23.0. The Balaban J connectivity index is 0.000000519. The third-order valence-corrected chi connectivity index (χ3v) is 11.7. The molecule has 12 heteroatoms. The molecule has 0 amide bonds. The van der Waals surface area contributed by atoms with Gasteiger partial charge in [-0.1, -0.05) is 162 Å². The van der Waals surface area contributed by atoms with Crippen LogP contribution in [0.25, 0.3) is 0 Å². The van der Waals surface area contributed by atoms with Crippen molar-refractivity contribution in [2.75, 3.05) is 13.2 Å². The molecular formula is C47H48Cl6N6. The largest absolute Gasteiger partial charge is 0.303 e. The molecule has 4 unspecified atom stereocenters. The lowest BCUT2D eigenvalue weighted by atomic mass is 9.92. The number of rotatable bonds is 5. The topological polar surface area (TPSA) is 72.2 Å². The summed E-state index contributed by atoms with van der Waals surface area (Å²) in [7, 11) is 0. The third kappa shape index (κ3) is 12.2. The van der Waals surface area contributed by atoms with Crippen LogP contribution in [0, 0.1) is 6.92 Å². The van der Waals surface area contributed by atoms with E-state index in [4.69, 9.17) is 69.6 Å². The molecule has 0 radical (unpaired) electrons. The van der Waals surface area contributed by atoms with Gasteiger partial charge in [0.25, 0.3) is 0 Å². The van der Waals surface area contributed by atoms with E-state index in [-0.39, 0.29) is 30.2 Å². The van der Waals surface area contributed by atoms with Crippen molar-refractivity contribution in [1.29, 1.82) is 0 Å². The van der Waals surface area contributed by atoms with Gasteiger partial charge < -0.3 is 5.32 Å². The van der Waals surface area contributed by atoms with Crippen LogP contribution in [-0.2, 0) is 0 Å². The molecule has 6 aromatic rings. The third-order valence-electron chi connectivity index (χ3n) is 10.2. The average molecular weight is 910 g/mol. The van der Waals surface area contributed by atoms with Gasteiger partial charge >= 0.3 is 0 Å². The maximum Gasteiger partial charge on any atom is 0.183 e. The van der Waals surface area contributed by atoms with Crippen LogP contribution in [0.3, 0.4) is 0 Å². The first kappa shape index (κ1) is 45.3. The maximum absolute atomic E-state index is 6.42. The summed E-state index contributed by atoms with van der Waals surface area (Å²) in [6.07, 6.45) is 0. The Morgan fingerprint density at radius 2 is 0.678 bits per heavy atom. The molecule has 0 aromatic heterocycles. The van der Waals surface area contributed by atoms with E-state index >= 15 is 0 Å². The number of benzene rings is 6. The minimum absolute atomic E-state index is 0.139.